The van der Waals surface area contributed by atoms with Gasteiger partial charge in [0.15, 0.2) is 5.84 Å². The molecular weight excluding hydrogens is 597 g/mol. The molecule has 0 saturated heterocycles. The Morgan fingerprint density at radius 1 is 0.617 bits per heavy atom. The number of hydrogen-bond donors (Lipinski definition) is 0. The molecule has 5 nitrogen and oxygen atoms in total. The Bertz CT molecular complexity index is 2950. The minimum absolute atomic E-state index is 0.859. The van der Waals surface area contributed by atoms with E-state index in [2.05, 4.69) is 136 Å². The molecule has 47 heavy (non-hydrogen) atoms. The van der Waals surface area contributed by atoms with E-state index in [1.807, 2.05) is 19.2 Å². The van der Waals surface area contributed by atoms with Crippen molar-refractivity contribution >= 4 is 105 Å². The van der Waals surface area contributed by atoms with Crippen LogP contribution < -0.4 is 0 Å². The molecule has 4 heterocycles. The lowest BCUT2D eigenvalue weighted by Crippen LogP contribution is -2.12. The van der Waals surface area contributed by atoms with Crippen molar-refractivity contribution in [3.8, 4) is 5.69 Å². The van der Waals surface area contributed by atoms with Crippen molar-refractivity contribution in [2.24, 2.45) is 9.98 Å². The van der Waals surface area contributed by atoms with Gasteiger partial charge < -0.3 is 8.98 Å². The highest BCUT2D eigenvalue weighted by molar-refractivity contribution is 7.21. The topological polar surface area (TPSA) is 47.7 Å². The van der Waals surface area contributed by atoms with E-state index in [0.29, 0.717) is 0 Å². The Morgan fingerprint density at radius 2 is 1.26 bits per heavy atom. The van der Waals surface area contributed by atoms with E-state index in [0.717, 1.165) is 71.5 Å². The van der Waals surface area contributed by atoms with Crippen molar-refractivity contribution < 1.29 is 4.42 Å². The second kappa shape index (κ2) is 9.76. The minimum Gasteiger partial charge on any atom is -0.456 e. The molecule has 4 aromatic heterocycles. The maximum Gasteiger partial charge on any atom is 0.152 e. The first-order chi connectivity index (χ1) is 23.2. The van der Waals surface area contributed by atoms with Gasteiger partial charge in [-0.15, -0.1) is 11.3 Å². The molecule has 0 aliphatic heterocycles. The molecular formula is C41H26N4OS. The van der Waals surface area contributed by atoms with Crippen LogP contribution in [0.5, 0.6) is 0 Å². The summed E-state index contributed by atoms with van der Waals surface area (Å²) in [7, 11) is 1.87. The Labute approximate surface area is 272 Å². The molecule has 222 valence electrons. The van der Waals surface area contributed by atoms with E-state index in [1.54, 1.807) is 11.3 Å². The van der Waals surface area contributed by atoms with Crippen LogP contribution in [0.1, 0.15) is 4.88 Å². The van der Waals surface area contributed by atoms with Gasteiger partial charge in [0.25, 0.3) is 0 Å². The third-order valence-electron chi connectivity index (χ3n) is 9.45. The van der Waals surface area contributed by atoms with Gasteiger partial charge >= 0.3 is 0 Å². The van der Waals surface area contributed by atoms with Crippen molar-refractivity contribution in [3.05, 3.63) is 132 Å². The number of thiophene rings is 1. The summed E-state index contributed by atoms with van der Waals surface area (Å²) in [5, 5.41) is 8.14. The predicted octanol–water partition coefficient (Wildman–Crippen LogP) is 11.3. The smallest absolute Gasteiger partial charge is 0.152 e. The average molecular weight is 623 g/mol. The highest BCUT2D eigenvalue weighted by Gasteiger charge is 2.24. The summed E-state index contributed by atoms with van der Waals surface area (Å²) in [6.45, 7) is 3.96. The lowest BCUT2D eigenvalue weighted by atomic mass is 10.1. The van der Waals surface area contributed by atoms with Gasteiger partial charge in [-0.1, -0.05) is 72.8 Å². The molecule has 0 bridgehead atoms. The molecule has 0 amide bonds. The van der Waals surface area contributed by atoms with Crippen LogP contribution >= 0.6 is 11.3 Å². The van der Waals surface area contributed by atoms with Crippen LogP contribution in [0.15, 0.2) is 142 Å². The fraction of sp³-hybridized carbons (Fsp3) is 0.0244. The third-order valence-corrected chi connectivity index (χ3v) is 10.6. The Balaban J connectivity index is 1.30. The molecule has 6 heteroatoms. The van der Waals surface area contributed by atoms with E-state index in [4.69, 9.17) is 9.41 Å². The molecule has 10 rings (SSSR count). The van der Waals surface area contributed by atoms with Crippen LogP contribution in [0.4, 0.5) is 5.69 Å². The van der Waals surface area contributed by atoms with E-state index in [1.165, 1.54) is 26.2 Å². The number of nitrogens with zero attached hydrogens (tertiary/aromatic N) is 4. The van der Waals surface area contributed by atoms with E-state index in [-0.39, 0.29) is 0 Å². The normalized spacial score (nSPS) is 12.6. The predicted molar refractivity (Wildman–Crippen MR) is 200 cm³/mol. The Morgan fingerprint density at radius 3 is 2.06 bits per heavy atom. The van der Waals surface area contributed by atoms with Gasteiger partial charge in [0, 0.05) is 61.2 Å². The van der Waals surface area contributed by atoms with Crippen LogP contribution in [0.3, 0.4) is 0 Å². The number of hydrogen-bond acceptors (Lipinski definition) is 4. The molecule has 0 aliphatic rings. The lowest BCUT2D eigenvalue weighted by Gasteiger charge is -2.11. The number of rotatable bonds is 3. The summed E-state index contributed by atoms with van der Waals surface area (Å²) in [5.74, 6) is 0.859. The molecule has 0 fully saturated rings. The number of furan rings is 1. The highest BCUT2D eigenvalue weighted by Crippen LogP contribution is 2.44. The van der Waals surface area contributed by atoms with Gasteiger partial charge in [0.2, 0.25) is 0 Å². The van der Waals surface area contributed by atoms with Gasteiger partial charge in [0.1, 0.15) is 11.2 Å². The number of fused-ring (bicyclic) bond motifs is 11. The van der Waals surface area contributed by atoms with Crippen molar-refractivity contribution in [2.75, 3.05) is 7.05 Å². The third kappa shape index (κ3) is 3.53. The van der Waals surface area contributed by atoms with E-state index < -0.39 is 0 Å². The first-order valence-electron chi connectivity index (χ1n) is 15.6. The van der Waals surface area contributed by atoms with E-state index >= 15 is 0 Å². The van der Waals surface area contributed by atoms with Crippen LogP contribution in [0.2, 0.25) is 0 Å². The van der Waals surface area contributed by atoms with Crippen molar-refractivity contribution in [1.29, 1.82) is 0 Å². The summed E-state index contributed by atoms with van der Waals surface area (Å²) in [6.07, 6.45) is 0. The summed E-state index contributed by atoms with van der Waals surface area (Å²) in [6, 6.07) is 45.0. The second-order valence-corrected chi connectivity index (χ2v) is 12.9. The van der Waals surface area contributed by atoms with Gasteiger partial charge in [0.05, 0.1) is 32.6 Å². The summed E-state index contributed by atoms with van der Waals surface area (Å²) >= 11 is 1.71. The quantitative estimate of drug-likeness (QED) is 0.143. The van der Waals surface area contributed by atoms with Crippen molar-refractivity contribution in [1.82, 2.24) is 9.13 Å². The van der Waals surface area contributed by atoms with Crippen molar-refractivity contribution in [3.63, 3.8) is 0 Å². The van der Waals surface area contributed by atoms with Crippen molar-refractivity contribution in [2.45, 2.75) is 0 Å². The highest BCUT2D eigenvalue weighted by atomic mass is 32.1. The molecule has 0 spiro atoms. The van der Waals surface area contributed by atoms with Crippen LogP contribution in [0.25, 0.3) is 81.3 Å². The average Bonchev–Trinajstić information content (AvgIpc) is 3.86. The number of para-hydroxylation sites is 3. The first kappa shape index (κ1) is 26.3. The molecule has 0 saturated carbocycles. The lowest BCUT2D eigenvalue weighted by molar-refractivity contribution is 0.668. The fourth-order valence-corrected chi connectivity index (χ4v) is 8.71. The SMILES string of the molecule is C=Nc1c(/C(=N\C)n2c3ccccc3c3c4c5ccccc5n(-c5ccc6c(c5)oc5ccccc56)c4ccc32)sc2ccccc12. The minimum atomic E-state index is 0.859. The molecule has 0 unspecified atom stereocenters. The first-order valence-corrected chi connectivity index (χ1v) is 16.4. The standard InChI is InChI=1S/C41H26N4OS/c1-42-39-29-14-6-10-18-36(29)47-40(39)41(43-2)45-31-16-8-4-13-28(31)38-33(45)22-21-32-37(38)27-12-3-7-15-30(27)44(32)24-19-20-26-25-11-5-9-17-34(25)46-35(26)23-24/h3-23H,1H2,2H3/b43-41+. The van der Waals surface area contributed by atoms with Gasteiger partial charge in [-0.05, 0) is 55.2 Å². The zero-order valence-corrected chi connectivity index (χ0v) is 26.3. The Hall–Kier alpha value is -5.98. The number of aliphatic imine (C=N–C) groups is 2. The van der Waals surface area contributed by atoms with Crippen LogP contribution in [-0.2, 0) is 0 Å². The molecule has 0 N–H and O–H groups in total. The summed E-state index contributed by atoms with van der Waals surface area (Å²) in [5.41, 5.74) is 8.21. The van der Waals surface area contributed by atoms with Gasteiger partial charge in [-0.2, -0.15) is 0 Å². The van der Waals surface area contributed by atoms with Gasteiger partial charge in [-0.25, -0.2) is 0 Å². The summed E-state index contributed by atoms with van der Waals surface area (Å²) in [4.78, 5) is 10.5. The number of benzene rings is 6. The molecule has 0 atom stereocenters. The zero-order chi connectivity index (χ0) is 31.2. The van der Waals surface area contributed by atoms with Crippen LogP contribution in [-0.4, -0.2) is 28.7 Å². The number of aromatic nitrogens is 2. The summed E-state index contributed by atoms with van der Waals surface area (Å²) < 4.78 is 12.2. The Kier molecular flexibility index (Phi) is 5.45. The maximum absolute atomic E-state index is 6.33. The molecule has 6 aromatic carbocycles. The largest absolute Gasteiger partial charge is 0.456 e. The molecule has 0 radical (unpaired) electrons. The second-order valence-electron chi connectivity index (χ2n) is 11.8. The fourth-order valence-electron chi connectivity index (χ4n) is 7.52. The molecule has 10 aromatic rings. The molecule has 0 aliphatic carbocycles. The van der Waals surface area contributed by atoms with Crippen LogP contribution in [0, 0.1) is 0 Å². The zero-order valence-electron chi connectivity index (χ0n) is 25.4. The van der Waals surface area contributed by atoms with E-state index in [9.17, 15) is 0 Å². The van der Waals surface area contributed by atoms with Gasteiger partial charge in [-0.3, -0.25) is 14.6 Å². The maximum atomic E-state index is 6.33. The monoisotopic (exact) mass is 622 g/mol.